The van der Waals surface area contributed by atoms with Crippen LogP contribution in [0, 0.1) is 0 Å². The average molecular weight is 165 g/mol. The molecule has 1 amide bonds. The number of amides is 1. The molecule has 2 heterocycles. The van der Waals surface area contributed by atoms with Crippen molar-refractivity contribution < 1.29 is 9.21 Å². The molecule has 3 heteroatoms. The minimum atomic E-state index is -0.000278. The zero-order valence-corrected chi connectivity index (χ0v) is 7.02. The molecule has 1 aliphatic rings. The maximum atomic E-state index is 11.2. The second-order valence-electron chi connectivity index (χ2n) is 2.91. The molecular weight excluding hydrogens is 154 g/mol. The van der Waals surface area contributed by atoms with Crippen LogP contribution >= 0.6 is 0 Å². The van der Waals surface area contributed by atoms with Crippen LogP contribution in [0.1, 0.15) is 28.8 Å². The van der Waals surface area contributed by atoms with E-state index in [9.17, 15) is 4.79 Å². The lowest BCUT2D eigenvalue weighted by Gasteiger charge is -2.09. The largest absolute Gasteiger partial charge is 0.465 e. The maximum Gasteiger partial charge on any atom is 0.254 e. The summed E-state index contributed by atoms with van der Waals surface area (Å²) >= 11 is 0. The van der Waals surface area contributed by atoms with E-state index in [1.165, 1.54) is 0 Å². The van der Waals surface area contributed by atoms with Gasteiger partial charge in [-0.3, -0.25) is 4.79 Å². The van der Waals surface area contributed by atoms with Gasteiger partial charge in [-0.05, 0) is 6.07 Å². The lowest BCUT2D eigenvalue weighted by molar-refractivity contribution is 0.0943. The third-order valence-electron chi connectivity index (χ3n) is 2.09. The summed E-state index contributed by atoms with van der Waals surface area (Å²) in [7, 11) is 0. The number of fused-ring (bicyclic) bond motifs is 1. The molecule has 0 fully saturated rings. The van der Waals surface area contributed by atoms with Crippen LogP contribution in [0.15, 0.2) is 10.5 Å². The van der Waals surface area contributed by atoms with Crippen LogP contribution in [-0.4, -0.2) is 12.5 Å². The number of carbonyl (C=O) groups is 1. The molecule has 0 aromatic carbocycles. The van der Waals surface area contributed by atoms with Gasteiger partial charge in [0.15, 0.2) is 0 Å². The van der Waals surface area contributed by atoms with Crippen molar-refractivity contribution in [1.29, 1.82) is 0 Å². The highest BCUT2D eigenvalue weighted by molar-refractivity contribution is 5.96. The highest BCUT2D eigenvalue weighted by Gasteiger charge is 2.20. The van der Waals surface area contributed by atoms with E-state index in [0.29, 0.717) is 6.54 Å². The summed E-state index contributed by atoms with van der Waals surface area (Å²) in [5.41, 5.74) is 0.720. The molecule has 12 heavy (non-hydrogen) atoms. The fourth-order valence-corrected chi connectivity index (χ4v) is 1.42. The van der Waals surface area contributed by atoms with Gasteiger partial charge in [-0.15, -0.1) is 0 Å². The fraction of sp³-hybridized carbons (Fsp3) is 0.444. The Morgan fingerprint density at radius 2 is 2.50 bits per heavy atom. The van der Waals surface area contributed by atoms with E-state index in [0.717, 1.165) is 29.9 Å². The maximum absolute atomic E-state index is 11.2. The zero-order chi connectivity index (χ0) is 8.55. The predicted octanol–water partition coefficient (Wildman–Crippen LogP) is 1.13. The molecule has 0 unspecified atom stereocenters. The first-order chi connectivity index (χ1) is 5.81. The van der Waals surface area contributed by atoms with Gasteiger partial charge < -0.3 is 9.73 Å². The molecule has 0 atom stereocenters. The summed E-state index contributed by atoms with van der Waals surface area (Å²) < 4.78 is 5.46. The highest BCUT2D eigenvalue weighted by atomic mass is 16.3. The van der Waals surface area contributed by atoms with E-state index in [1.807, 2.05) is 13.0 Å². The summed E-state index contributed by atoms with van der Waals surface area (Å²) in [6.45, 7) is 2.71. The van der Waals surface area contributed by atoms with E-state index in [2.05, 4.69) is 5.32 Å². The monoisotopic (exact) mass is 165 g/mol. The minimum Gasteiger partial charge on any atom is -0.465 e. The number of nitrogens with one attached hydrogen (secondary N) is 1. The van der Waals surface area contributed by atoms with Crippen molar-refractivity contribution in [2.75, 3.05) is 6.54 Å². The van der Waals surface area contributed by atoms with Gasteiger partial charge in [0.1, 0.15) is 11.5 Å². The van der Waals surface area contributed by atoms with E-state index in [-0.39, 0.29) is 5.91 Å². The van der Waals surface area contributed by atoms with Gasteiger partial charge >= 0.3 is 0 Å². The smallest absolute Gasteiger partial charge is 0.254 e. The van der Waals surface area contributed by atoms with Gasteiger partial charge in [0, 0.05) is 19.4 Å². The third-order valence-corrected chi connectivity index (χ3v) is 2.09. The SMILES string of the molecule is CCc1cc2c(o1)CCNC2=O. The minimum absolute atomic E-state index is 0.000278. The molecule has 0 saturated carbocycles. The lowest BCUT2D eigenvalue weighted by atomic mass is 10.1. The molecule has 0 aliphatic carbocycles. The van der Waals surface area contributed by atoms with Crippen LogP contribution in [0.3, 0.4) is 0 Å². The molecule has 0 bridgehead atoms. The fourth-order valence-electron chi connectivity index (χ4n) is 1.42. The molecule has 0 saturated heterocycles. The molecule has 1 N–H and O–H groups in total. The Balaban J connectivity index is 2.43. The van der Waals surface area contributed by atoms with Crippen molar-refractivity contribution >= 4 is 5.91 Å². The van der Waals surface area contributed by atoms with Crippen molar-refractivity contribution in [3.05, 3.63) is 23.2 Å². The van der Waals surface area contributed by atoms with Crippen molar-refractivity contribution in [2.45, 2.75) is 19.8 Å². The molecule has 1 aromatic rings. The van der Waals surface area contributed by atoms with Gasteiger partial charge in [0.25, 0.3) is 5.91 Å². The molecule has 1 aliphatic heterocycles. The molecule has 0 radical (unpaired) electrons. The standard InChI is InChI=1S/C9H11NO2/c1-2-6-5-7-8(12-6)3-4-10-9(7)11/h5H,2-4H2,1H3,(H,10,11). The Kier molecular flexibility index (Phi) is 1.64. The third kappa shape index (κ3) is 1.02. The lowest BCUT2D eigenvalue weighted by Crippen LogP contribution is -2.30. The molecular formula is C9H11NO2. The topological polar surface area (TPSA) is 42.2 Å². The predicted molar refractivity (Wildman–Crippen MR) is 44.1 cm³/mol. The Bertz CT molecular complexity index is 314. The summed E-state index contributed by atoms with van der Waals surface area (Å²) in [6, 6.07) is 1.84. The summed E-state index contributed by atoms with van der Waals surface area (Å²) in [5, 5.41) is 2.78. The van der Waals surface area contributed by atoms with Gasteiger partial charge in [-0.1, -0.05) is 6.92 Å². The van der Waals surface area contributed by atoms with Gasteiger partial charge in [0.05, 0.1) is 5.56 Å². The van der Waals surface area contributed by atoms with E-state index in [4.69, 9.17) is 4.42 Å². The highest BCUT2D eigenvalue weighted by Crippen LogP contribution is 2.18. The number of furan rings is 1. The van der Waals surface area contributed by atoms with Crippen LogP contribution < -0.4 is 5.32 Å². The second kappa shape index (κ2) is 2.66. The zero-order valence-electron chi connectivity index (χ0n) is 7.02. The quantitative estimate of drug-likeness (QED) is 0.677. The van der Waals surface area contributed by atoms with Crippen LogP contribution in [0.2, 0.25) is 0 Å². The number of carbonyl (C=O) groups excluding carboxylic acids is 1. The second-order valence-corrected chi connectivity index (χ2v) is 2.91. The van der Waals surface area contributed by atoms with Crippen LogP contribution in [-0.2, 0) is 12.8 Å². The Morgan fingerprint density at radius 3 is 3.17 bits per heavy atom. The average Bonchev–Trinajstić information content (AvgIpc) is 2.49. The molecule has 3 nitrogen and oxygen atoms in total. The first-order valence-electron chi connectivity index (χ1n) is 4.21. The van der Waals surface area contributed by atoms with E-state index < -0.39 is 0 Å². The molecule has 1 aromatic heterocycles. The van der Waals surface area contributed by atoms with Crippen molar-refractivity contribution in [3.63, 3.8) is 0 Å². The van der Waals surface area contributed by atoms with E-state index in [1.54, 1.807) is 0 Å². The Hall–Kier alpha value is -1.25. The van der Waals surface area contributed by atoms with Crippen molar-refractivity contribution in [1.82, 2.24) is 5.32 Å². The van der Waals surface area contributed by atoms with Crippen LogP contribution in [0.4, 0.5) is 0 Å². The number of hydrogen-bond donors (Lipinski definition) is 1. The number of aryl methyl sites for hydroxylation is 1. The van der Waals surface area contributed by atoms with E-state index >= 15 is 0 Å². The summed E-state index contributed by atoms with van der Waals surface area (Å²) in [4.78, 5) is 11.2. The Morgan fingerprint density at radius 1 is 1.67 bits per heavy atom. The number of rotatable bonds is 1. The van der Waals surface area contributed by atoms with Crippen LogP contribution in [0.25, 0.3) is 0 Å². The Labute approximate surface area is 70.8 Å². The molecule has 64 valence electrons. The first kappa shape index (κ1) is 7.40. The van der Waals surface area contributed by atoms with Gasteiger partial charge in [0.2, 0.25) is 0 Å². The van der Waals surface area contributed by atoms with Crippen LogP contribution in [0.5, 0.6) is 0 Å². The molecule has 2 rings (SSSR count). The van der Waals surface area contributed by atoms with Crippen molar-refractivity contribution in [2.24, 2.45) is 0 Å². The van der Waals surface area contributed by atoms with Gasteiger partial charge in [-0.25, -0.2) is 0 Å². The molecule has 0 spiro atoms. The summed E-state index contributed by atoms with van der Waals surface area (Å²) in [6.07, 6.45) is 1.67. The van der Waals surface area contributed by atoms with Crippen molar-refractivity contribution in [3.8, 4) is 0 Å². The van der Waals surface area contributed by atoms with Gasteiger partial charge in [-0.2, -0.15) is 0 Å². The first-order valence-corrected chi connectivity index (χ1v) is 4.21. The normalized spacial score (nSPS) is 15.6. The number of hydrogen-bond acceptors (Lipinski definition) is 2. The summed E-state index contributed by atoms with van der Waals surface area (Å²) in [5.74, 6) is 1.74.